The van der Waals surface area contributed by atoms with E-state index in [9.17, 15) is 4.79 Å². The fourth-order valence-corrected chi connectivity index (χ4v) is 1.44. The Morgan fingerprint density at radius 2 is 2.15 bits per heavy atom. The Hall–Kier alpha value is -0.370. The molecule has 0 aromatic carbocycles. The average molecular weight is 184 g/mol. The molecule has 0 saturated heterocycles. The van der Waals surface area contributed by atoms with Crippen LogP contribution >= 0.6 is 0 Å². The molecule has 2 nitrogen and oxygen atoms in total. The van der Waals surface area contributed by atoms with Gasteiger partial charge < -0.3 is 9.53 Å². The van der Waals surface area contributed by atoms with Crippen molar-refractivity contribution in [2.45, 2.75) is 39.5 Å². The summed E-state index contributed by atoms with van der Waals surface area (Å²) < 4.78 is 5.50. The van der Waals surface area contributed by atoms with Crippen LogP contribution in [0, 0.1) is 11.8 Å². The monoisotopic (exact) mass is 184 g/mol. The smallest absolute Gasteiger partial charge is 0.129 e. The van der Waals surface area contributed by atoms with E-state index >= 15 is 0 Å². The Morgan fingerprint density at radius 1 is 1.46 bits per heavy atom. The zero-order valence-corrected chi connectivity index (χ0v) is 8.71. The summed E-state index contributed by atoms with van der Waals surface area (Å²) in [6, 6.07) is 0. The zero-order valence-electron chi connectivity index (χ0n) is 8.71. The lowest BCUT2D eigenvalue weighted by atomic mass is 10.2. The van der Waals surface area contributed by atoms with E-state index in [4.69, 9.17) is 4.74 Å². The summed E-state index contributed by atoms with van der Waals surface area (Å²) in [7, 11) is 0. The Kier molecular flexibility index (Phi) is 4.43. The Labute approximate surface area is 80.7 Å². The van der Waals surface area contributed by atoms with Crippen LogP contribution in [0.2, 0.25) is 0 Å². The van der Waals surface area contributed by atoms with E-state index in [1.807, 2.05) is 0 Å². The minimum absolute atomic E-state index is 0.288. The first-order valence-corrected chi connectivity index (χ1v) is 5.27. The lowest BCUT2D eigenvalue weighted by Gasteiger charge is -2.01. The van der Waals surface area contributed by atoms with Crippen LogP contribution in [0.15, 0.2) is 0 Å². The highest BCUT2D eigenvalue weighted by molar-refractivity contribution is 5.75. The third-order valence-electron chi connectivity index (χ3n) is 2.68. The van der Waals surface area contributed by atoms with Crippen molar-refractivity contribution in [3.05, 3.63) is 0 Å². The van der Waals surface area contributed by atoms with Crippen LogP contribution in [0.4, 0.5) is 0 Å². The van der Waals surface area contributed by atoms with Gasteiger partial charge in [-0.25, -0.2) is 0 Å². The molecule has 0 bridgehead atoms. The topological polar surface area (TPSA) is 26.3 Å². The predicted molar refractivity (Wildman–Crippen MR) is 52.6 cm³/mol. The van der Waals surface area contributed by atoms with E-state index in [1.54, 1.807) is 6.92 Å². The van der Waals surface area contributed by atoms with Crippen molar-refractivity contribution < 1.29 is 9.53 Å². The van der Waals surface area contributed by atoms with Crippen molar-refractivity contribution >= 4 is 5.78 Å². The number of hydrogen-bond donors (Lipinski definition) is 0. The van der Waals surface area contributed by atoms with E-state index in [-0.39, 0.29) is 5.78 Å². The fourth-order valence-electron chi connectivity index (χ4n) is 1.44. The first-order chi connectivity index (χ1) is 6.20. The van der Waals surface area contributed by atoms with Gasteiger partial charge >= 0.3 is 0 Å². The van der Waals surface area contributed by atoms with Gasteiger partial charge in [0, 0.05) is 19.6 Å². The molecule has 1 aliphatic rings. The third-order valence-corrected chi connectivity index (χ3v) is 2.68. The Morgan fingerprint density at radius 3 is 2.69 bits per heavy atom. The molecule has 2 unspecified atom stereocenters. The second-order valence-corrected chi connectivity index (χ2v) is 4.21. The van der Waals surface area contributed by atoms with Crippen molar-refractivity contribution in [3.63, 3.8) is 0 Å². The van der Waals surface area contributed by atoms with Gasteiger partial charge in [-0.05, 0) is 38.0 Å². The molecule has 0 spiro atoms. The number of hydrogen-bond acceptors (Lipinski definition) is 2. The molecule has 1 rings (SSSR count). The van der Waals surface area contributed by atoms with Crippen LogP contribution in [-0.4, -0.2) is 19.0 Å². The minimum atomic E-state index is 0.288. The molecule has 0 aliphatic heterocycles. The van der Waals surface area contributed by atoms with Gasteiger partial charge in [0.2, 0.25) is 0 Å². The highest BCUT2D eigenvalue weighted by Gasteiger charge is 2.32. The maximum absolute atomic E-state index is 10.6. The molecule has 0 N–H and O–H groups in total. The quantitative estimate of drug-likeness (QED) is 0.568. The number of carbonyl (C=O) groups excluding carboxylic acids is 1. The number of unbranched alkanes of at least 4 members (excludes halogenated alkanes) is 1. The fraction of sp³-hybridized carbons (Fsp3) is 0.909. The number of Topliss-reactive ketones (excluding diaryl/α,β-unsaturated/α-hetero) is 1. The minimum Gasteiger partial charge on any atom is -0.381 e. The molecule has 0 heterocycles. The summed E-state index contributed by atoms with van der Waals surface area (Å²) in [6.45, 7) is 5.67. The highest BCUT2D eigenvalue weighted by atomic mass is 16.5. The highest BCUT2D eigenvalue weighted by Crippen LogP contribution is 2.37. The van der Waals surface area contributed by atoms with E-state index in [0.29, 0.717) is 6.42 Å². The molecule has 2 heteroatoms. The maximum atomic E-state index is 10.6. The van der Waals surface area contributed by atoms with Gasteiger partial charge in [0.1, 0.15) is 5.78 Å². The van der Waals surface area contributed by atoms with E-state index < -0.39 is 0 Å². The van der Waals surface area contributed by atoms with Gasteiger partial charge in [-0.3, -0.25) is 0 Å². The summed E-state index contributed by atoms with van der Waals surface area (Å²) in [5.74, 6) is 2.00. The Bertz CT molecular complexity index is 165. The van der Waals surface area contributed by atoms with Crippen LogP contribution in [0.5, 0.6) is 0 Å². The van der Waals surface area contributed by atoms with Crippen molar-refractivity contribution in [2.24, 2.45) is 11.8 Å². The van der Waals surface area contributed by atoms with E-state index in [0.717, 1.165) is 37.9 Å². The molecule has 2 atom stereocenters. The number of ketones is 1. The predicted octanol–water partition coefficient (Wildman–Crippen LogP) is 2.42. The summed E-state index contributed by atoms with van der Waals surface area (Å²) in [6.07, 6.45) is 4.06. The van der Waals surface area contributed by atoms with Crippen molar-refractivity contribution in [1.29, 1.82) is 0 Å². The SMILES string of the molecule is CC(=O)CCCCOCC1CC1C. The van der Waals surface area contributed by atoms with Crippen molar-refractivity contribution in [2.75, 3.05) is 13.2 Å². The molecule has 1 fully saturated rings. The van der Waals surface area contributed by atoms with Gasteiger partial charge in [-0.2, -0.15) is 0 Å². The first-order valence-electron chi connectivity index (χ1n) is 5.27. The van der Waals surface area contributed by atoms with Crippen molar-refractivity contribution in [1.82, 2.24) is 0 Å². The van der Waals surface area contributed by atoms with E-state index in [1.165, 1.54) is 6.42 Å². The number of carbonyl (C=O) groups is 1. The molecule has 0 amide bonds. The molecular weight excluding hydrogens is 164 g/mol. The standard InChI is InChI=1S/C11H20O2/c1-9-7-11(9)8-13-6-4-3-5-10(2)12/h9,11H,3-8H2,1-2H3. The molecule has 1 saturated carbocycles. The molecule has 13 heavy (non-hydrogen) atoms. The molecule has 76 valence electrons. The Balaban J connectivity index is 1.77. The molecule has 0 radical (unpaired) electrons. The second-order valence-electron chi connectivity index (χ2n) is 4.21. The lowest BCUT2D eigenvalue weighted by Crippen LogP contribution is -2.00. The summed E-state index contributed by atoms with van der Waals surface area (Å²) >= 11 is 0. The van der Waals surface area contributed by atoms with Gasteiger partial charge in [-0.1, -0.05) is 6.92 Å². The normalized spacial score (nSPS) is 26.0. The average Bonchev–Trinajstić information content (AvgIpc) is 2.74. The third kappa shape index (κ3) is 5.04. The van der Waals surface area contributed by atoms with Crippen LogP contribution in [0.1, 0.15) is 39.5 Å². The van der Waals surface area contributed by atoms with Crippen LogP contribution in [-0.2, 0) is 9.53 Å². The van der Waals surface area contributed by atoms with Crippen molar-refractivity contribution in [3.8, 4) is 0 Å². The number of ether oxygens (including phenoxy) is 1. The lowest BCUT2D eigenvalue weighted by molar-refractivity contribution is -0.117. The first kappa shape index (κ1) is 10.7. The molecule has 1 aliphatic carbocycles. The summed E-state index contributed by atoms with van der Waals surface area (Å²) in [5, 5.41) is 0. The van der Waals surface area contributed by atoms with Gasteiger partial charge in [0.25, 0.3) is 0 Å². The van der Waals surface area contributed by atoms with Crippen LogP contribution in [0.25, 0.3) is 0 Å². The van der Waals surface area contributed by atoms with Gasteiger partial charge in [0.15, 0.2) is 0 Å². The molecule has 0 aromatic rings. The summed E-state index contributed by atoms with van der Waals surface area (Å²) in [4.78, 5) is 10.6. The molecular formula is C11H20O2. The summed E-state index contributed by atoms with van der Waals surface area (Å²) in [5.41, 5.74) is 0. The van der Waals surface area contributed by atoms with Crippen LogP contribution in [0.3, 0.4) is 0 Å². The zero-order chi connectivity index (χ0) is 9.68. The van der Waals surface area contributed by atoms with Gasteiger partial charge in [0.05, 0.1) is 0 Å². The number of rotatable bonds is 7. The van der Waals surface area contributed by atoms with Gasteiger partial charge in [-0.15, -0.1) is 0 Å². The second kappa shape index (κ2) is 5.38. The molecule has 0 aromatic heterocycles. The largest absolute Gasteiger partial charge is 0.381 e. The maximum Gasteiger partial charge on any atom is 0.129 e. The van der Waals surface area contributed by atoms with Crippen LogP contribution < -0.4 is 0 Å². The van der Waals surface area contributed by atoms with E-state index in [2.05, 4.69) is 6.92 Å².